The second-order valence-electron chi connectivity index (χ2n) is 5.70. The number of rotatable bonds is 2. The Balaban J connectivity index is 1.66. The normalized spacial score (nSPS) is 14.0. The number of anilines is 2. The van der Waals surface area contributed by atoms with E-state index in [4.69, 9.17) is 5.73 Å². The molecule has 0 unspecified atom stereocenters. The maximum absolute atomic E-state index is 12.6. The standard InChI is InChI=1S/C16H16N4OS2/c1-8-6-7-18-15-11(8)12(17)13(23-15)14(21)20-16-19-9-4-2-3-5-10(9)22-16/h6-7H,2-5,17H2,1H3,(H,19,20,21). The number of hydrogen-bond donors (Lipinski definition) is 2. The molecule has 23 heavy (non-hydrogen) atoms. The Morgan fingerprint density at radius 2 is 2.13 bits per heavy atom. The maximum atomic E-state index is 12.6. The Bertz CT molecular complexity index is 889. The third-order valence-corrected chi connectivity index (χ3v) is 6.29. The molecule has 0 aliphatic heterocycles. The van der Waals surface area contributed by atoms with Crippen LogP contribution in [0.5, 0.6) is 0 Å². The molecule has 3 aromatic heterocycles. The Morgan fingerprint density at radius 1 is 1.30 bits per heavy atom. The van der Waals surface area contributed by atoms with Crippen LogP contribution in [0.3, 0.4) is 0 Å². The van der Waals surface area contributed by atoms with Gasteiger partial charge < -0.3 is 5.73 Å². The van der Waals surface area contributed by atoms with Crippen LogP contribution in [0.2, 0.25) is 0 Å². The zero-order chi connectivity index (χ0) is 16.0. The van der Waals surface area contributed by atoms with Crippen LogP contribution in [0.4, 0.5) is 10.8 Å². The van der Waals surface area contributed by atoms with Crippen LogP contribution >= 0.6 is 22.7 Å². The number of aryl methyl sites for hydroxylation is 3. The molecule has 7 heteroatoms. The third kappa shape index (κ3) is 2.49. The molecule has 4 rings (SSSR count). The van der Waals surface area contributed by atoms with Crippen molar-refractivity contribution in [2.24, 2.45) is 0 Å². The number of pyridine rings is 1. The summed E-state index contributed by atoms with van der Waals surface area (Å²) in [5, 5.41) is 4.45. The second kappa shape index (κ2) is 5.58. The first-order valence-corrected chi connectivity index (χ1v) is 9.20. The number of amides is 1. The van der Waals surface area contributed by atoms with E-state index in [1.54, 1.807) is 17.5 Å². The van der Waals surface area contributed by atoms with Crippen molar-refractivity contribution >= 4 is 49.6 Å². The molecule has 1 aliphatic carbocycles. The Hall–Kier alpha value is -1.99. The van der Waals surface area contributed by atoms with Crippen LogP contribution in [0.1, 0.15) is 38.6 Å². The first-order chi connectivity index (χ1) is 11.1. The minimum atomic E-state index is -0.198. The predicted octanol–water partition coefficient (Wildman–Crippen LogP) is 3.77. The van der Waals surface area contributed by atoms with Gasteiger partial charge in [0.15, 0.2) is 5.13 Å². The van der Waals surface area contributed by atoms with Crippen LogP contribution in [-0.4, -0.2) is 15.9 Å². The number of carbonyl (C=O) groups excluding carboxylic acids is 1. The summed E-state index contributed by atoms with van der Waals surface area (Å²) in [7, 11) is 0. The van der Waals surface area contributed by atoms with Gasteiger partial charge in [0.25, 0.3) is 5.91 Å². The number of nitrogen functional groups attached to an aromatic ring is 1. The SMILES string of the molecule is Cc1ccnc2sc(C(=O)Nc3nc4c(s3)CCCC4)c(N)c12. The van der Waals surface area contributed by atoms with E-state index in [1.807, 2.05) is 13.0 Å². The summed E-state index contributed by atoms with van der Waals surface area (Å²) >= 11 is 2.91. The van der Waals surface area contributed by atoms with Crippen LogP contribution in [0.25, 0.3) is 10.2 Å². The van der Waals surface area contributed by atoms with Crippen molar-refractivity contribution in [1.82, 2.24) is 9.97 Å². The molecule has 0 saturated carbocycles. The molecule has 0 saturated heterocycles. The average Bonchev–Trinajstić information content (AvgIpc) is 3.08. The van der Waals surface area contributed by atoms with Crippen LogP contribution < -0.4 is 11.1 Å². The fourth-order valence-electron chi connectivity index (χ4n) is 2.93. The minimum Gasteiger partial charge on any atom is -0.397 e. The summed E-state index contributed by atoms with van der Waals surface area (Å²) in [4.78, 5) is 24.1. The molecule has 0 spiro atoms. The molecular formula is C16H16N4OS2. The molecule has 3 aromatic rings. The monoisotopic (exact) mass is 344 g/mol. The van der Waals surface area contributed by atoms with E-state index in [9.17, 15) is 4.79 Å². The van der Waals surface area contributed by atoms with Crippen molar-refractivity contribution < 1.29 is 4.79 Å². The Labute approximate surface area is 141 Å². The molecule has 0 atom stereocenters. The fourth-order valence-corrected chi connectivity index (χ4v) is 5.01. The number of thiophene rings is 1. The lowest BCUT2D eigenvalue weighted by Crippen LogP contribution is -2.11. The molecule has 1 amide bonds. The summed E-state index contributed by atoms with van der Waals surface area (Å²) in [5.41, 5.74) is 8.87. The number of carbonyl (C=O) groups is 1. The molecule has 0 bridgehead atoms. The summed E-state index contributed by atoms with van der Waals surface area (Å²) in [6.07, 6.45) is 6.20. The zero-order valence-electron chi connectivity index (χ0n) is 12.7. The van der Waals surface area contributed by atoms with E-state index >= 15 is 0 Å². The highest BCUT2D eigenvalue weighted by Gasteiger charge is 2.21. The van der Waals surface area contributed by atoms with Crippen LogP contribution in [0, 0.1) is 6.92 Å². The highest BCUT2D eigenvalue weighted by molar-refractivity contribution is 7.21. The molecule has 0 fully saturated rings. The first-order valence-electron chi connectivity index (χ1n) is 7.57. The second-order valence-corrected chi connectivity index (χ2v) is 7.79. The molecule has 118 valence electrons. The maximum Gasteiger partial charge on any atom is 0.269 e. The number of nitrogens with one attached hydrogen (secondary N) is 1. The van der Waals surface area contributed by atoms with Gasteiger partial charge in [-0.2, -0.15) is 0 Å². The molecule has 3 N–H and O–H groups in total. The Morgan fingerprint density at radius 3 is 2.91 bits per heavy atom. The third-order valence-electron chi connectivity index (χ3n) is 4.11. The van der Waals surface area contributed by atoms with Crippen LogP contribution in [-0.2, 0) is 12.8 Å². The largest absolute Gasteiger partial charge is 0.397 e. The average molecular weight is 344 g/mol. The smallest absolute Gasteiger partial charge is 0.269 e. The highest BCUT2D eigenvalue weighted by Crippen LogP contribution is 2.35. The van der Waals surface area contributed by atoms with Gasteiger partial charge in [-0.3, -0.25) is 10.1 Å². The highest BCUT2D eigenvalue weighted by atomic mass is 32.1. The molecule has 1 aliphatic rings. The summed E-state index contributed by atoms with van der Waals surface area (Å²) in [5.74, 6) is -0.198. The molecular weight excluding hydrogens is 328 g/mol. The predicted molar refractivity (Wildman–Crippen MR) is 95.5 cm³/mol. The lowest BCUT2D eigenvalue weighted by Gasteiger charge is -2.06. The summed E-state index contributed by atoms with van der Waals surface area (Å²) < 4.78 is 0. The van der Waals surface area contributed by atoms with Crippen molar-refractivity contribution in [2.75, 3.05) is 11.1 Å². The van der Waals surface area contributed by atoms with Gasteiger partial charge in [-0.1, -0.05) is 0 Å². The fraction of sp³-hybridized carbons (Fsp3) is 0.312. The number of nitrogens with zero attached hydrogens (tertiary/aromatic N) is 2. The van der Waals surface area contributed by atoms with Crippen molar-refractivity contribution in [3.8, 4) is 0 Å². The van der Waals surface area contributed by atoms with Crippen LogP contribution in [0.15, 0.2) is 12.3 Å². The molecule has 0 radical (unpaired) electrons. The van der Waals surface area contributed by atoms with Gasteiger partial charge in [0, 0.05) is 16.5 Å². The number of thiazole rings is 1. The summed E-state index contributed by atoms with van der Waals surface area (Å²) in [6, 6.07) is 1.90. The minimum absolute atomic E-state index is 0.198. The van der Waals surface area contributed by atoms with Gasteiger partial charge in [-0.15, -0.1) is 22.7 Å². The zero-order valence-corrected chi connectivity index (χ0v) is 14.3. The first kappa shape index (κ1) is 14.6. The van der Waals surface area contributed by atoms with Crippen molar-refractivity contribution in [2.45, 2.75) is 32.6 Å². The van der Waals surface area contributed by atoms with E-state index in [2.05, 4.69) is 15.3 Å². The van der Waals surface area contributed by atoms with E-state index in [0.717, 1.165) is 34.3 Å². The topological polar surface area (TPSA) is 80.9 Å². The molecule has 5 nitrogen and oxygen atoms in total. The van der Waals surface area contributed by atoms with Gasteiger partial charge in [0.2, 0.25) is 0 Å². The van der Waals surface area contributed by atoms with Crippen molar-refractivity contribution in [3.05, 3.63) is 33.3 Å². The van der Waals surface area contributed by atoms with Gasteiger partial charge in [0.1, 0.15) is 9.71 Å². The van der Waals surface area contributed by atoms with E-state index < -0.39 is 0 Å². The summed E-state index contributed by atoms with van der Waals surface area (Å²) in [6.45, 7) is 1.98. The quantitative estimate of drug-likeness (QED) is 0.741. The van der Waals surface area contributed by atoms with Gasteiger partial charge in [0.05, 0.1) is 11.4 Å². The lowest BCUT2D eigenvalue weighted by atomic mass is 10.0. The number of nitrogens with two attached hydrogens (primary N) is 1. The van der Waals surface area contributed by atoms with E-state index in [-0.39, 0.29) is 5.91 Å². The molecule has 3 heterocycles. The van der Waals surface area contributed by atoms with Crippen molar-refractivity contribution in [3.63, 3.8) is 0 Å². The lowest BCUT2D eigenvalue weighted by molar-refractivity contribution is 0.103. The van der Waals surface area contributed by atoms with E-state index in [0.29, 0.717) is 15.7 Å². The number of hydrogen-bond acceptors (Lipinski definition) is 6. The van der Waals surface area contributed by atoms with Gasteiger partial charge in [-0.05, 0) is 44.2 Å². The van der Waals surface area contributed by atoms with Crippen molar-refractivity contribution in [1.29, 1.82) is 0 Å². The van der Waals surface area contributed by atoms with Gasteiger partial charge in [-0.25, -0.2) is 9.97 Å². The van der Waals surface area contributed by atoms with E-state index in [1.165, 1.54) is 29.1 Å². The number of aromatic nitrogens is 2. The van der Waals surface area contributed by atoms with Gasteiger partial charge >= 0.3 is 0 Å². The molecule has 0 aromatic carbocycles. The number of fused-ring (bicyclic) bond motifs is 2. The Kier molecular flexibility index (Phi) is 3.54.